The van der Waals surface area contributed by atoms with Gasteiger partial charge in [-0.3, -0.25) is 18.9 Å². The quantitative estimate of drug-likeness (QED) is 0.534. The van der Waals surface area contributed by atoms with E-state index in [0.717, 1.165) is 11.4 Å². The van der Waals surface area contributed by atoms with Crippen molar-refractivity contribution in [3.8, 4) is 11.5 Å². The number of aromatic nitrogens is 2. The van der Waals surface area contributed by atoms with Gasteiger partial charge in [-0.2, -0.15) is 0 Å². The van der Waals surface area contributed by atoms with E-state index in [4.69, 9.17) is 9.47 Å². The molecule has 164 valence electrons. The molecule has 31 heavy (non-hydrogen) atoms. The molecule has 0 unspecified atom stereocenters. The Bertz CT molecular complexity index is 1060. The van der Waals surface area contributed by atoms with Crippen LogP contribution in [0.4, 0.5) is 5.82 Å². The number of carbonyl (C=O) groups is 2. The molecular weight excluding hydrogens is 396 g/mol. The molecule has 0 saturated carbocycles. The van der Waals surface area contributed by atoms with E-state index in [-0.39, 0.29) is 11.8 Å². The molecule has 2 aromatic heterocycles. The van der Waals surface area contributed by atoms with Crippen LogP contribution in [0.3, 0.4) is 0 Å². The van der Waals surface area contributed by atoms with E-state index < -0.39 is 0 Å². The topological polar surface area (TPSA) is 85.2 Å². The number of nitrogens with zero attached hydrogens (tertiary/aromatic N) is 3. The summed E-state index contributed by atoms with van der Waals surface area (Å²) < 4.78 is 12.6. The average Bonchev–Trinajstić information content (AvgIpc) is 3.15. The zero-order valence-electron chi connectivity index (χ0n) is 18.3. The fourth-order valence-corrected chi connectivity index (χ4v) is 3.37. The van der Waals surface area contributed by atoms with Gasteiger partial charge in [-0.1, -0.05) is 6.92 Å². The average molecular weight is 425 g/mol. The number of rotatable bonds is 9. The molecule has 2 heterocycles. The summed E-state index contributed by atoms with van der Waals surface area (Å²) in [6.45, 7) is 6.66. The molecule has 3 aromatic rings. The minimum atomic E-state index is -0.219. The monoisotopic (exact) mass is 424 g/mol. The normalized spacial score (nSPS) is 10.7. The molecule has 8 heteroatoms. The van der Waals surface area contributed by atoms with Crippen molar-refractivity contribution in [3.05, 3.63) is 53.9 Å². The lowest BCUT2D eigenvalue weighted by atomic mass is 10.2. The van der Waals surface area contributed by atoms with Gasteiger partial charge in [-0.05, 0) is 49.7 Å². The summed E-state index contributed by atoms with van der Waals surface area (Å²) in [6.07, 6.45) is 2.41. The van der Waals surface area contributed by atoms with Gasteiger partial charge in [0.25, 0.3) is 5.91 Å². The van der Waals surface area contributed by atoms with Crippen molar-refractivity contribution in [3.63, 3.8) is 0 Å². The first kappa shape index (κ1) is 22.1. The molecule has 0 aliphatic carbocycles. The van der Waals surface area contributed by atoms with E-state index in [1.54, 1.807) is 30.3 Å². The molecular formula is C23H28N4O4. The zero-order valence-corrected chi connectivity index (χ0v) is 18.3. The highest BCUT2D eigenvalue weighted by Crippen LogP contribution is 2.24. The second-order valence-corrected chi connectivity index (χ2v) is 6.92. The summed E-state index contributed by atoms with van der Waals surface area (Å²) in [4.78, 5) is 31.0. The summed E-state index contributed by atoms with van der Waals surface area (Å²) in [5, 5.41) is 2.86. The number of pyridine rings is 1. The van der Waals surface area contributed by atoms with Crippen LogP contribution in [-0.2, 0) is 11.2 Å². The highest BCUT2D eigenvalue weighted by molar-refractivity contribution is 5.95. The lowest BCUT2D eigenvalue weighted by molar-refractivity contribution is -0.116. The van der Waals surface area contributed by atoms with Crippen molar-refractivity contribution >= 4 is 23.3 Å². The maximum atomic E-state index is 12.6. The number of nitrogens with one attached hydrogen (secondary N) is 1. The molecule has 3 rings (SSSR count). The molecule has 0 aliphatic rings. The predicted octanol–water partition coefficient (Wildman–Crippen LogP) is 3.09. The van der Waals surface area contributed by atoms with Crippen molar-refractivity contribution in [2.24, 2.45) is 0 Å². The molecule has 0 atom stereocenters. The largest absolute Gasteiger partial charge is 0.497 e. The Morgan fingerprint density at radius 3 is 2.42 bits per heavy atom. The van der Waals surface area contributed by atoms with E-state index in [1.807, 2.05) is 42.5 Å². The summed E-state index contributed by atoms with van der Waals surface area (Å²) in [5.41, 5.74) is 2.01. The van der Waals surface area contributed by atoms with E-state index >= 15 is 0 Å². The molecule has 8 nitrogen and oxygen atoms in total. The van der Waals surface area contributed by atoms with Gasteiger partial charge in [0, 0.05) is 19.7 Å². The number of hydrogen-bond donors (Lipinski definition) is 1. The van der Waals surface area contributed by atoms with E-state index in [1.165, 1.54) is 6.92 Å². The van der Waals surface area contributed by atoms with Crippen LogP contribution in [0.1, 0.15) is 36.8 Å². The Balaban J connectivity index is 1.70. The molecule has 0 fully saturated rings. The van der Waals surface area contributed by atoms with Gasteiger partial charge < -0.3 is 14.8 Å². The van der Waals surface area contributed by atoms with E-state index in [9.17, 15) is 9.59 Å². The van der Waals surface area contributed by atoms with Crippen molar-refractivity contribution in [2.45, 2.75) is 27.2 Å². The number of imidazole rings is 1. The second-order valence-electron chi connectivity index (χ2n) is 6.92. The van der Waals surface area contributed by atoms with Crippen molar-refractivity contribution in [1.29, 1.82) is 0 Å². The number of benzene rings is 1. The molecule has 0 radical (unpaired) electrons. The molecule has 1 aromatic carbocycles. The maximum absolute atomic E-state index is 12.6. The number of anilines is 1. The predicted molar refractivity (Wildman–Crippen MR) is 119 cm³/mol. The fourth-order valence-electron chi connectivity index (χ4n) is 3.37. The number of fused-ring (bicyclic) bond motifs is 1. The van der Waals surface area contributed by atoms with Gasteiger partial charge in [0.15, 0.2) is 0 Å². The Morgan fingerprint density at radius 1 is 1.10 bits per heavy atom. The molecule has 0 aliphatic heterocycles. The first-order valence-corrected chi connectivity index (χ1v) is 10.3. The Kier molecular flexibility index (Phi) is 7.12. The SMILES string of the molecule is CCc1nc2ccc(C(=O)NCCOc3ccc(OC)cc3)cn2c1N(CC)C(C)=O. The maximum Gasteiger partial charge on any atom is 0.252 e. The summed E-state index contributed by atoms with van der Waals surface area (Å²) in [7, 11) is 1.61. The zero-order chi connectivity index (χ0) is 22.4. The van der Waals surface area contributed by atoms with Crippen LogP contribution in [0, 0.1) is 0 Å². The molecule has 2 amide bonds. The van der Waals surface area contributed by atoms with Gasteiger partial charge >= 0.3 is 0 Å². The number of amides is 2. The fraction of sp³-hybridized carbons (Fsp3) is 0.348. The van der Waals surface area contributed by atoms with Gasteiger partial charge in [-0.15, -0.1) is 0 Å². The number of methoxy groups -OCH3 is 1. The standard InChI is InChI=1S/C23H28N4O4/c1-5-20-23(26(6-2)16(3)28)27-15-17(7-12-21(27)25-20)22(29)24-13-14-31-19-10-8-18(30-4)9-11-19/h7-12,15H,5-6,13-14H2,1-4H3,(H,24,29). The smallest absolute Gasteiger partial charge is 0.252 e. The molecule has 0 spiro atoms. The summed E-state index contributed by atoms with van der Waals surface area (Å²) >= 11 is 0. The van der Waals surface area contributed by atoms with Crippen LogP contribution in [0.25, 0.3) is 5.65 Å². The third-order valence-electron chi connectivity index (χ3n) is 4.93. The first-order chi connectivity index (χ1) is 15.0. The minimum Gasteiger partial charge on any atom is -0.497 e. The summed E-state index contributed by atoms with van der Waals surface area (Å²) in [6, 6.07) is 10.8. The molecule has 0 saturated heterocycles. The molecule has 0 bridgehead atoms. The Hall–Kier alpha value is -3.55. The number of ether oxygens (including phenoxy) is 2. The lowest BCUT2D eigenvalue weighted by Gasteiger charge is -2.20. The van der Waals surface area contributed by atoms with Crippen LogP contribution in [0.5, 0.6) is 11.5 Å². The van der Waals surface area contributed by atoms with E-state index in [0.29, 0.717) is 48.9 Å². The summed E-state index contributed by atoms with van der Waals surface area (Å²) in [5.74, 6) is 1.89. The molecule has 1 N–H and O–H groups in total. The van der Waals surface area contributed by atoms with Crippen LogP contribution in [0.15, 0.2) is 42.6 Å². The van der Waals surface area contributed by atoms with Crippen molar-refractivity contribution in [1.82, 2.24) is 14.7 Å². The van der Waals surface area contributed by atoms with Crippen LogP contribution in [-0.4, -0.2) is 48.0 Å². The van der Waals surface area contributed by atoms with Gasteiger partial charge in [-0.25, -0.2) is 4.98 Å². The van der Waals surface area contributed by atoms with Gasteiger partial charge in [0.05, 0.1) is 24.9 Å². The third kappa shape index (κ3) is 4.96. The first-order valence-electron chi connectivity index (χ1n) is 10.3. The van der Waals surface area contributed by atoms with Crippen LogP contribution >= 0.6 is 0 Å². The van der Waals surface area contributed by atoms with Gasteiger partial charge in [0.1, 0.15) is 29.6 Å². The van der Waals surface area contributed by atoms with Crippen LogP contribution in [0.2, 0.25) is 0 Å². The Morgan fingerprint density at radius 2 is 1.81 bits per heavy atom. The minimum absolute atomic E-state index is 0.0652. The lowest BCUT2D eigenvalue weighted by Crippen LogP contribution is -2.30. The van der Waals surface area contributed by atoms with Crippen molar-refractivity contribution in [2.75, 3.05) is 31.7 Å². The highest BCUT2D eigenvalue weighted by Gasteiger charge is 2.20. The Labute approximate surface area is 181 Å². The number of hydrogen-bond acceptors (Lipinski definition) is 5. The van der Waals surface area contributed by atoms with Crippen LogP contribution < -0.4 is 19.7 Å². The second kappa shape index (κ2) is 9.97. The van der Waals surface area contributed by atoms with Gasteiger partial charge in [0.2, 0.25) is 5.91 Å². The van der Waals surface area contributed by atoms with Crippen molar-refractivity contribution < 1.29 is 19.1 Å². The van der Waals surface area contributed by atoms with E-state index in [2.05, 4.69) is 10.3 Å². The highest BCUT2D eigenvalue weighted by atomic mass is 16.5. The number of aryl methyl sites for hydroxylation is 1. The number of carbonyl (C=O) groups excluding carboxylic acids is 2. The third-order valence-corrected chi connectivity index (χ3v) is 4.93.